The van der Waals surface area contributed by atoms with E-state index >= 15 is 0 Å². The van der Waals surface area contributed by atoms with Crippen molar-refractivity contribution in [2.24, 2.45) is 0 Å². The number of rotatable bonds is 5. The molecule has 3 aromatic rings. The van der Waals surface area contributed by atoms with Crippen molar-refractivity contribution in [1.29, 1.82) is 0 Å². The summed E-state index contributed by atoms with van der Waals surface area (Å²) in [7, 11) is 0. The maximum atomic E-state index is 12.5. The van der Waals surface area contributed by atoms with E-state index in [1.807, 2.05) is 42.6 Å². The summed E-state index contributed by atoms with van der Waals surface area (Å²) in [6, 6.07) is 15.6. The minimum atomic E-state index is -0.0950. The predicted octanol–water partition coefficient (Wildman–Crippen LogP) is 3.67. The third-order valence-corrected chi connectivity index (χ3v) is 4.81. The lowest BCUT2D eigenvalue weighted by molar-refractivity contribution is 0.0951. The molecular weight excluding hydrogens is 336 g/mol. The van der Waals surface area contributed by atoms with Crippen molar-refractivity contribution in [1.82, 2.24) is 15.3 Å². The first-order chi connectivity index (χ1) is 13.3. The van der Waals surface area contributed by atoms with Crippen LogP contribution < -0.4 is 10.2 Å². The van der Waals surface area contributed by atoms with E-state index in [1.54, 1.807) is 12.4 Å². The second kappa shape index (κ2) is 7.99. The quantitative estimate of drug-likeness (QED) is 0.756. The second-order valence-electron chi connectivity index (χ2n) is 6.72. The molecule has 1 aliphatic rings. The fraction of sp³-hybridized carbons (Fsp3) is 0.227. The topological polar surface area (TPSA) is 58.1 Å². The van der Waals surface area contributed by atoms with Crippen LogP contribution in [0, 0.1) is 0 Å². The first-order valence-corrected chi connectivity index (χ1v) is 9.28. The summed E-state index contributed by atoms with van der Waals surface area (Å²) in [4.78, 5) is 23.5. The van der Waals surface area contributed by atoms with Crippen LogP contribution in [0.5, 0.6) is 0 Å². The fourth-order valence-corrected chi connectivity index (χ4v) is 3.32. The minimum absolute atomic E-state index is 0.0950. The van der Waals surface area contributed by atoms with Crippen molar-refractivity contribution in [3.05, 3.63) is 78.2 Å². The largest absolute Gasteiger partial charge is 0.357 e. The van der Waals surface area contributed by atoms with Crippen molar-refractivity contribution in [3.63, 3.8) is 0 Å². The minimum Gasteiger partial charge on any atom is -0.357 e. The molecule has 0 unspecified atom stereocenters. The summed E-state index contributed by atoms with van der Waals surface area (Å²) in [6.07, 6.45) is 7.84. The van der Waals surface area contributed by atoms with E-state index in [0.29, 0.717) is 12.1 Å². The Morgan fingerprint density at radius 1 is 1.00 bits per heavy atom. The Kier molecular flexibility index (Phi) is 5.10. The van der Waals surface area contributed by atoms with E-state index < -0.39 is 0 Å². The van der Waals surface area contributed by atoms with Gasteiger partial charge in [-0.3, -0.25) is 9.78 Å². The highest BCUT2D eigenvalue weighted by Gasteiger charge is 2.13. The van der Waals surface area contributed by atoms with E-state index in [4.69, 9.17) is 0 Å². The van der Waals surface area contributed by atoms with Crippen LogP contribution in [-0.4, -0.2) is 29.0 Å². The van der Waals surface area contributed by atoms with Gasteiger partial charge in [0.05, 0.1) is 0 Å². The smallest absolute Gasteiger partial charge is 0.251 e. The second-order valence-corrected chi connectivity index (χ2v) is 6.72. The molecule has 4 rings (SSSR count). The molecule has 0 saturated carbocycles. The van der Waals surface area contributed by atoms with Gasteiger partial charge in [0.25, 0.3) is 5.91 Å². The van der Waals surface area contributed by atoms with E-state index in [9.17, 15) is 4.79 Å². The Morgan fingerprint density at radius 3 is 2.63 bits per heavy atom. The van der Waals surface area contributed by atoms with E-state index in [-0.39, 0.29) is 5.91 Å². The number of nitrogens with zero attached hydrogens (tertiary/aromatic N) is 3. The molecule has 0 aliphatic carbocycles. The molecule has 0 atom stereocenters. The van der Waals surface area contributed by atoms with E-state index in [2.05, 4.69) is 32.3 Å². The molecule has 1 amide bonds. The number of benzene rings is 1. The standard InChI is InChI=1S/C22H22N4O/c27-22(25-15-17-5-4-10-23-14-17)19-7-3-6-18(13-19)20-8-9-21(24-16-20)26-11-1-2-12-26/h3-10,13-14,16H,1-2,11-12,15H2,(H,25,27). The van der Waals surface area contributed by atoms with Gasteiger partial charge in [-0.05, 0) is 54.3 Å². The Morgan fingerprint density at radius 2 is 1.89 bits per heavy atom. The van der Waals surface area contributed by atoms with E-state index in [0.717, 1.165) is 35.6 Å². The van der Waals surface area contributed by atoms with Gasteiger partial charge in [-0.15, -0.1) is 0 Å². The molecule has 1 N–H and O–H groups in total. The lowest BCUT2D eigenvalue weighted by atomic mass is 10.0. The van der Waals surface area contributed by atoms with Gasteiger partial charge >= 0.3 is 0 Å². The molecule has 1 fully saturated rings. The Balaban J connectivity index is 1.46. The van der Waals surface area contributed by atoms with Crippen molar-refractivity contribution < 1.29 is 4.79 Å². The van der Waals surface area contributed by atoms with Gasteiger partial charge in [0.1, 0.15) is 5.82 Å². The van der Waals surface area contributed by atoms with Gasteiger partial charge in [0, 0.05) is 49.4 Å². The average molecular weight is 358 g/mol. The molecular formula is C22H22N4O. The lowest BCUT2D eigenvalue weighted by Crippen LogP contribution is -2.22. The van der Waals surface area contributed by atoms with Crippen LogP contribution in [0.1, 0.15) is 28.8 Å². The van der Waals surface area contributed by atoms with Gasteiger partial charge in [-0.25, -0.2) is 4.98 Å². The third kappa shape index (κ3) is 4.14. The maximum absolute atomic E-state index is 12.5. The highest BCUT2D eigenvalue weighted by molar-refractivity contribution is 5.95. The van der Waals surface area contributed by atoms with Gasteiger partial charge < -0.3 is 10.2 Å². The summed E-state index contributed by atoms with van der Waals surface area (Å²) in [5.41, 5.74) is 3.62. The fourth-order valence-electron chi connectivity index (χ4n) is 3.32. The Labute approximate surface area is 159 Å². The van der Waals surface area contributed by atoms with Crippen molar-refractivity contribution in [2.75, 3.05) is 18.0 Å². The number of nitrogens with one attached hydrogen (secondary N) is 1. The van der Waals surface area contributed by atoms with Crippen molar-refractivity contribution >= 4 is 11.7 Å². The molecule has 136 valence electrons. The van der Waals surface area contributed by atoms with Gasteiger partial charge in [-0.2, -0.15) is 0 Å². The molecule has 2 aromatic heterocycles. The van der Waals surface area contributed by atoms with Crippen LogP contribution in [-0.2, 0) is 6.54 Å². The molecule has 0 radical (unpaired) electrons. The third-order valence-electron chi connectivity index (χ3n) is 4.81. The predicted molar refractivity (Wildman–Crippen MR) is 107 cm³/mol. The molecule has 0 spiro atoms. The number of pyridine rings is 2. The zero-order valence-corrected chi connectivity index (χ0v) is 15.1. The summed E-state index contributed by atoms with van der Waals surface area (Å²) >= 11 is 0. The zero-order valence-electron chi connectivity index (χ0n) is 15.1. The molecule has 3 heterocycles. The molecule has 1 saturated heterocycles. The van der Waals surface area contributed by atoms with Crippen LogP contribution in [0.2, 0.25) is 0 Å². The number of hydrogen-bond acceptors (Lipinski definition) is 4. The van der Waals surface area contributed by atoms with Gasteiger partial charge in [0.2, 0.25) is 0 Å². The first-order valence-electron chi connectivity index (χ1n) is 9.28. The maximum Gasteiger partial charge on any atom is 0.251 e. The SMILES string of the molecule is O=C(NCc1cccnc1)c1cccc(-c2ccc(N3CCCC3)nc2)c1. The monoisotopic (exact) mass is 358 g/mol. The molecule has 1 aliphatic heterocycles. The van der Waals surface area contributed by atoms with Crippen molar-refractivity contribution in [2.45, 2.75) is 19.4 Å². The molecule has 0 bridgehead atoms. The number of carbonyl (C=O) groups is 1. The number of aromatic nitrogens is 2. The van der Waals surface area contributed by atoms with E-state index in [1.165, 1.54) is 12.8 Å². The Bertz CT molecular complexity index is 903. The summed E-state index contributed by atoms with van der Waals surface area (Å²) in [5.74, 6) is 0.934. The molecule has 27 heavy (non-hydrogen) atoms. The lowest BCUT2D eigenvalue weighted by Gasteiger charge is -2.16. The Hall–Kier alpha value is -3.21. The van der Waals surface area contributed by atoms with Crippen LogP contribution >= 0.6 is 0 Å². The summed E-state index contributed by atoms with van der Waals surface area (Å²) in [5, 5.41) is 2.94. The molecule has 5 nitrogen and oxygen atoms in total. The summed E-state index contributed by atoms with van der Waals surface area (Å²) in [6.45, 7) is 2.63. The van der Waals surface area contributed by atoms with Crippen LogP contribution in [0.4, 0.5) is 5.82 Å². The highest BCUT2D eigenvalue weighted by Crippen LogP contribution is 2.23. The van der Waals surface area contributed by atoms with Crippen molar-refractivity contribution in [3.8, 4) is 11.1 Å². The van der Waals surface area contributed by atoms with Gasteiger partial charge in [-0.1, -0.05) is 18.2 Å². The average Bonchev–Trinajstić information content (AvgIpc) is 3.28. The molecule has 1 aromatic carbocycles. The number of amides is 1. The van der Waals surface area contributed by atoms with Crippen LogP contribution in [0.3, 0.4) is 0 Å². The number of hydrogen-bond donors (Lipinski definition) is 1. The highest BCUT2D eigenvalue weighted by atomic mass is 16.1. The normalized spacial score (nSPS) is 13.6. The van der Waals surface area contributed by atoms with Gasteiger partial charge in [0.15, 0.2) is 0 Å². The molecule has 5 heteroatoms. The summed E-state index contributed by atoms with van der Waals surface area (Å²) < 4.78 is 0. The van der Waals surface area contributed by atoms with Crippen LogP contribution in [0.15, 0.2) is 67.1 Å². The zero-order chi connectivity index (χ0) is 18.5. The number of carbonyl (C=O) groups excluding carboxylic acids is 1. The van der Waals surface area contributed by atoms with Crippen LogP contribution in [0.25, 0.3) is 11.1 Å². The first kappa shape index (κ1) is 17.2. The number of anilines is 1.